The number of aromatic nitrogens is 2. The SMILES string of the molecule is CC.CC.CCc1nc(-c2ccccc2)cc(-c2ccccc2)n1. The van der Waals surface area contributed by atoms with Crippen LogP contribution in [0.15, 0.2) is 66.7 Å². The van der Waals surface area contributed by atoms with Crippen molar-refractivity contribution in [1.82, 2.24) is 9.97 Å². The van der Waals surface area contributed by atoms with Crippen molar-refractivity contribution in [2.24, 2.45) is 0 Å². The zero-order valence-corrected chi connectivity index (χ0v) is 15.5. The monoisotopic (exact) mass is 320 g/mol. The van der Waals surface area contributed by atoms with E-state index in [0.29, 0.717) is 0 Å². The number of hydrogen-bond acceptors (Lipinski definition) is 2. The van der Waals surface area contributed by atoms with Gasteiger partial charge in [0, 0.05) is 17.5 Å². The van der Waals surface area contributed by atoms with E-state index in [9.17, 15) is 0 Å². The molecule has 0 radical (unpaired) electrons. The lowest BCUT2D eigenvalue weighted by Crippen LogP contribution is -1.97. The zero-order valence-electron chi connectivity index (χ0n) is 15.5. The summed E-state index contributed by atoms with van der Waals surface area (Å²) in [5, 5.41) is 0. The minimum Gasteiger partial charge on any atom is -0.233 e. The molecule has 126 valence electrons. The van der Waals surface area contributed by atoms with Crippen molar-refractivity contribution in [2.75, 3.05) is 0 Å². The maximum atomic E-state index is 4.64. The molecule has 0 unspecified atom stereocenters. The number of hydrogen-bond donors (Lipinski definition) is 0. The quantitative estimate of drug-likeness (QED) is 0.556. The van der Waals surface area contributed by atoms with E-state index in [-0.39, 0.29) is 0 Å². The van der Waals surface area contributed by atoms with Gasteiger partial charge in [-0.3, -0.25) is 0 Å². The van der Waals surface area contributed by atoms with Crippen LogP contribution in [0.5, 0.6) is 0 Å². The maximum absolute atomic E-state index is 4.64. The fraction of sp³-hybridized carbons (Fsp3) is 0.273. The topological polar surface area (TPSA) is 25.8 Å². The molecule has 0 saturated carbocycles. The second kappa shape index (κ2) is 11.1. The average molecular weight is 320 g/mol. The summed E-state index contributed by atoms with van der Waals surface area (Å²) >= 11 is 0. The zero-order chi connectivity index (χ0) is 17.8. The Morgan fingerprint density at radius 1 is 0.625 bits per heavy atom. The number of aryl methyl sites for hydroxylation is 1. The van der Waals surface area contributed by atoms with Crippen LogP contribution in [-0.2, 0) is 6.42 Å². The molecule has 3 rings (SSSR count). The van der Waals surface area contributed by atoms with E-state index in [2.05, 4.69) is 47.2 Å². The Morgan fingerprint density at radius 2 is 1.00 bits per heavy atom. The summed E-state index contributed by atoms with van der Waals surface area (Å²) < 4.78 is 0. The Labute approximate surface area is 146 Å². The fourth-order valence-corrected chi connectivity index (χ4v) is 2.17. The smallest absolute Gasteiger partial charge is 0.129 e. The molecular formula is C22H28N2. The van der Waals surface area contributed by atoms with E-state index in [0.717, 1.165) is 34.8 Å². The van der Waals surface area contributed by atoms with Crippen LogP contribution in [0.3, 0.4) is 0 Å². The van der Waals surface area contributed by atoms with Crippen LogP contribution in [0.4, 0.5) is 0 Å². The van der Waals surface area contributed by atoms with Crippen LogP contribution in [-0.4, -0.2) is 9.97 Å². The summed E-state index contributed by atoms with van der Waals surface area (Å²) in [6, 6.07) is 22.5. The van der Waals surface area contributed by atoms with Gasteiger partial charge in [0.1, 0.15) is 5.82 Å². The highest BCUT2D eigenvalue weighted by atomic mass is 14.9. The van der Waals surface area contributed by atoms with Gasteiger partial charge in [-0.15, -0.1) is 0 Å². The summed E-state index contributed by atoms with van der Waals surface area (Å²) in [6.07, 6.45) is 0.834. The molecule has 2 nitrogen and oxygen atoms in total. The van der Waals surface area contributed by atoms with Crippen LogP contribution >= 0.6 is 0 Å². The average Bonchev–Trinajstić information content (AvgIpc) is 2.72. The van der Waals surface area contributed by atoms with E-state index in [1.807, 2.05) is 64.1 Å². The van der Waals surface area contributed by atoms with Crippen molar-refractivity contribution in [3.8, 4) is 22.5 Å². The molecule has 0 aliphatic rings. The molecule has 3 aromatic rings. The van der Waals surface area contributed by atoms with Crippen molar-refractivity contribution in [3.05, 3.63) is 72.6 Å². The molecule has 0 spiro atoms. The van der Waals surface area contributed by atoms with E-state index in [4.69, 9.17) is 0 Å². The van der Waals surface area contributed by atoms with Crippen molar-refractivity contribution >= 4 is 0 Å². The van der Waals surface area contributed by atoms with Gasteiger partial charge < -0.3 is 0 Å². The molecule has 0 bridgehead atoms. The minimum absolute atomic E-state index is 0.834. The summed E-state index contributed by atoms with van der Waals surface area (Å²) in [5.41, 5.74) is 4.22. The molecule has 1 aromatic heterocycles. The van der Waals surface area contributed by atoms with E-state index in [1.54, 1.807) is 0 Å². The standard InChI is InChI=1S/C18H16N2.2C2H6/c1-2-18-19-16(14-9-5-3-6-10-14)13-17(20-18)15-11-7-4-8-12-15;2*1-2/h3-13H,2H2,1H3;2*1-2H3. The highest BCUT2D eigenvalue weighted by Gasteiger charge is 2.07. The lowest BCUT2D eigenvalue weighted by molar-refractivity contribution is 0.947. The molecule has 0 atom stereocenters. The van der Waals surface area contributed by atoms with Gasteiger partial charge in [-0.05, 0) is 6.07 Å². The Balaban J connectivity index is 0.000000671. The Bertz CT molecular complexity index is 634. The Kier molecular flexibility index (Phi) is 9.06. The molecular weight excluding hydrogens is 292 g/mol. The van der Waals surface area contributed by atoms with Crippen LogP contribution in [0, 0.1) is 0 Å². The first-order valence-corrected chi connectivity index (χ1v) is 8.85. The predicted octanol–water partition coefficient (Wildman–Crippen LogP) is 6.43. The molecule has 2 aromatic carbocycles. The fourth-order valence-electron chi connectivity index (χ4n) is 2.17. The Morgan fingerprint density at radius 3 is 1.33 bits per heavy atom. The highest BCUT2D eigenvalue weighted by molar-refractivity contribution is 5.67. The third-order valence-corrected chi connectivity index (χ3v) is 3.23. The van der Waals surface area contributed by atoms with Gasteiger partial charge in [0.25, 0.3) is 0 Å². The normalized spacial score (nSPS) is 9.21. The largest absolute Gasteiger partial charge is 0.233 e. The van der Waals surface area contributed by atoms with E-state index < -0.39 is 0 Å². The number of benzene rings is 2. The summed E-state index contributed by atoms with van der Waals surface area (Å²) in [6.45, 7) is 10.1. The molecule has 1 heterocycles. The number of nitrogens with zero attached hydrogens (tertiary/aromatic N) is 2. The first-order valence-electron chi connectivity index (χ1n) is 8.85. The summed E-state index contributed by atoms with van der Waals surface area (Å²) in [5.74, 6) is 0.880. The second-order valence-corrected chi connectivity index (χ2v) is 4.64. The van der Waals surface area contributed by atoms with Crippen molar-refractivity contribution in [2.45, 2.75) is 41.0 Å². The first kappa shape index (κ1) is 19.6. The first-order chi connectivity index (χ1) is 11.9. The molecule has 0 aliphatic heterocycles. The molecule has 0 amide bonds. The van der Waals surface area contributed by atoms with E-state index >= 15 is 0 Å². The van der Waals surface area contributed by atoms with Crippen molar-refractivity contribution < 1.29 is 0 Å². The van der Waals surface area contributed by atoms with Gasteiger partial charge in [-0.25, -0.2) is 9.97 Å². The van der Waals surface area contributed by atoms with Gasteiger partial charge in [0.05, 0.1) is 11.4 Å². The summed E-state index contributed by atoms with van der Waals surface area (Å²) in [4.78, 5) is 9.27. The Hall–Kier alpha value is -2.48. The number of rotatable bonds is 3. The van der Waals surface area contributed by atoms with Crippen LogP contribution in [0.25, 0.3) is 22.5 Å². The third-order valence-electron chi connectivity index (χ3n) is 3.23. The van der Waals surface area contributed by atoms with Crippen LogP contribution < -0.4 is 0 Å². The van der Waals surface area contributed by atoms with Crippen LogP contribution in [0.2, 0.25) is 0 Å². The van der Waals surface area contributed by atoms with Gasteiger partial charge >= 0.3 is 0 Å². The molecule has 0 aliphatic carbocycles. The third kappa shape index (κ3) is 5.31. The lowest BCUT2D eigenvalue weighted by atomic mass is 10.1. The van der Waals surface area contributed by atoms with Crippen LogP contribution in [0.1, 0.15) is 40.4 Å². The molecule has 0 saturated heterocycles. The van der Waals surface area contributed by atoms with Crippen molar-refractivity contribution in [3.63, 3.8) is 0 Å². The van der Waals surface area contributed by atoms with Gasteiger partial charge in [-0.1, -0.05) is 95.3 Å². The molecule has 0 N–H and O–H groups in total. The second-order valence-electron chi connectivity index (χ2n) is 4.64. The maximum Gasteiger partial charge on any atom is 0.129 e. The minimum atomic E-state index is 0.834. The van der Waals surface area contributed by atoms with Gasteiger partial charge in [0.2, 0.25) is 0 Å². The van der Waals surface area contributed by atoms with Gasteiger partial charge in [0.15, 0.2) is 0 Å². The summed E-state index contributed by atoms with van der Waals surface area (Å²) in [7, 11) is 0. The van der Waals surface area contributed by atoms with Gasteiger partial charge in [-0.2, -0.15) is 0 Å². The molecule has 0 fully saturated rings. The van der Waals surface area contributed by atoms with E-state index in [1.165, 1.54) is 0 Å². The predicted molar refractivity (Wildman–Crippen MR) is 105 cm³/mol. The molecule has 2 heteroatoms. The molecule has 24 heavy (non-hydrogen) atoms. The van der Waals surface area contributed by atoms with Crippen molar-refractivity contribution in [1.29, 1.82) is 0 Å². The lowest BCUT2D eigenvalue weighted by Gasteiger charge is -2.07. The highest BCUT2D eigenvalue weighted by Crippen LogP contribution is 2.23.